The summed E-state index contributed by atoms with van der Waals surface area (Å²) in [5.74, 6) is 7.61. The van der Waals surface area contributed by atoms with Crippen LogP contribution < -0.4 is 4.74 Å². The molecule has 0 fully saturated rings. The van der Waals surface area contributed by atoms with E-state index in [-0.39, 0.29) is 11.1 Å². The third kappa shape index (κ3) is 10.7. The molecule has 0 aliphatic heterocycles. The molecule has 0 radical (unpaired) electrons. The number of rotatable bonds is 13. The van der Waals surface area contributed by atoms with Gasteiger partial charge in [-0.3, -0.25) is 0 Å². The van der Waals surface area contributed by atoms with Gasteiger partial charge in [0.15, 0.2) is 8.32 Å². The van der Waals surface area contributed by atoms with Crippen molar-refractivity contribution in [3.05, 3.63) is 29.8 Å². The number of benzene rings is 1. The summed E-state index contributed by atoms with van der Waals surface area (Å²) in [6.45, 7) is 15.0. The highest BCUT2D eigenvalue weighted by atomic mass is 28.4. The van der Waals surface area contributed by atoms with Gasteiger partial charge in [0.05, 0.1) is 19.8 Å². The van der Waals surface area contributed by atoms with E-state index >= 15 is 0 Å². The number of hydrogen-bond acceptors (Lipinski definition) is 3. The summed E-state index contributed by atoms with van der Waals surface area (Å²) in [5, 5.41) is 0.197. The smallest absolute Gasteiger partial charge is 0.192 e. The van der Waals surface area contributed by atoms with Gasteiger partial charge < -0.3 is 13.9 Å². The molecule has 0 saturated heterocycles. The molecule has 30 heavy (non-hydrogen) atoms. The molecule has 0 aromatic heterocycles. The zero-order valence-electron chi connectivity index (χ0n) is 20.5. The molecule has 1 aromatic carbocycles. The monoisotopic (exact) mass is 432 g/mol. The van der Waals surface area contributed by atoms with Crippen molar-refractivity contribution in [3.8, 4) is 17.6 Å². The third-order valence-electron chi connectivity index (χ3n) is 5.89. The van der Waals surface area contributed by atoms with E-state index in [0.717, 1.165) is 30.6 Å². The third-order valence-corrected chi connectivity index (χ3v) is 10.4. The first-order valence-corrected chi connectivity index (χ1v) is 14.4. The molecule has 0 amide bonds. The minimum absolute atomic E-state index is 0.143. The van der Waals surface area contributed by atoms with E-state index in [0.29, 0.717) is 13.2 Å². The molecule has 1 rings (SSSR count). The van der Waals surface area contributed by atoms with Crippen LogP contribution in [0.4, 0.5) is 0 Å². The number of unbranched alkanes of at least 4 members (excludes halogenated alkanes) is 4. The summed E-state index contributed by atoms with van der Waals surface area (Å²) in [6.07, 6.45) is 7.90. The van der Waals surface area contributed by atoms with Crippen molar-refractivity contribution in [2.45, 2.75) is 103 Å². The summed E-state index contributed by atoms with van der Waals surface area (Å²) in [7, 11) is -0.143. The Kier molecular flexibility index (Phi) is 12.4. The fraction of sp³-hybridized carbons (Fsp3) is 0.692. The molecular formula is C26H44O3Si. The Labute approximate surface area is 187 Å². The second-order valence-electron chi connectivity index (χ2n) is 9.56. The van der Waals surface area contributed by atoms with E-state index in [4.69, 9.17) is 13.9 Å². The summed E-state index contributed by atoms with van der Waals surface area (Å²) in [5.41, 5.74) is 1.16. The van der Waals surface area contributed by atoms with E-state index < -0.39 is 8.32 Å². The molecule has 0 N–H and O–H groups in total. The van der Waals surface area contributed by atoms with Crippen LogP contribution in [0, 0.1) is 11.8 Å². The number of ether oxygens (including phenoxy) is 2. The lowest BCUT2D eigenvalue weighted by Gasteiger charge is -2.39. The van der Waals surface area contributed by atoms with Crippen LogP contribution in [0.3, 0.4) is 0 Å². The van der Waals surface area contributed by atoms with Crippen LogP contribution in [-0.2, 0) is 15.8 Å². The first-order chi connectivity index (χ1) is 14.2. The topological polar surface area (TPSA) is 27.7 Å². The average Bonchev–Trinajstić information content (AvgIpc) is 2.69. The molecule has 3 nitrogen and oxygen atoms in total. The predicted octanol–water partition coefficient (Wildman–Crippen LogP) is 7.36. The van der Waals surface area contributed by atoms with Crippen LogP contribution in [0.1, 0.15) is 78.2 Å². The zero-order valence-corrected chi connectivity index (χ0v) is 21.5. The largest absolute Gasteiger partial charge is 0.497 e. The summed E-state index contributed by atoms with van der Waals surface area (Å²) >= 11 is 0. The van der Waals surface area contributed by atoms with Gasteiger partial charge in [-0.15, -0.1) is 11.8 Å². The molecular weight excluding hydrogens is 388 g/mol. The van der Waals surface area contributed by atoms with Gasteiger partial charge in [0.25, 0.3) is 0 Å². The summed E-state index contributed by atoms with van der Waals surface area (Å²) < 4.78 is 17.8. The Bertz CT molecular complexity index is 635. The van der Waals surface area contributed by atoms with Crippen molar-refractivity contribution in [2.24, 2.45) is 0 Å². The maximum atomic E-state index is 6.67. The highest BCUT2D eigenvalue weighted by Gasteiger charge is 2.38. The Hall–Kier alpha value is -1.28. The van der Waals surface area contributed by atoms with E-state index in [1.165, 1.54) is 25.7 Å². The lowest BCUT2D eigenvalue weighted by atomic mass is 10.1. The zero-order chi connectivity index (χ0) is 22.5. The van der Waals surface area contributed by atoms with Crippen LogP contribution in [0.15, 0.2) is 24.3 Å². The Morgan fingerprint density at radius 2 is 1.70 bits per heavy atom. The maximum Gasteiger partial charge on any atom is 0.192 e. The number of methoxy groups -OCH3 is 1. The SMILES string of the molecule is CCCCCCC#CC[C@@H](CCOCc1ccc(OC)cc1)O[Si](C)(C)C(C)(C)C. The van der Waals surface area contributed by atoms with E-state index in [1.54, 1.807) is 7.11 Å². The molecule has 0 aliphatic carbocycles. The van der Waals surface area contributed by atoms with E-state index in [9.17, 15) is 0 Å². The van der Waals surface area contributed by atoms with Gasteiger partial charge >= 0.3 is 0 Å². The maximum absolute atomic E-state index is 6.67. The second kappa shape index (κ2) is 13.9. The Morgan fingerprint density at radius 3 is 2.30 bits per heavy atom. The lowest BCUT2D eigenvalue weighted by Crippen LogP contribution is -2.44. The molecule has 0 unspecified atom stereocenters. The van der Waals surface area contributed by atoms with Crippen molar-refractivity contribution < 1.29 is 13.9 Å². The molecule has 170 valence electrons. The standard InChI is InChI=1S/C26H44O3Si/c1-8-9-10-11-12-13-14-15-25(29-30(6,7)26(2,3)4)20-21-28-22-23-16-18-24(27-5)19-17-23/h16-19,25H,8-12,15,20-22H2,1-7H3/t25-/m0/s1. The fourth-order valence-electron chi connectivity index (χ4n) is 2.84. The Balaban J connectivity index is 2.53. The van der Waals surface area contributed by atoms with Crippen molar-refractivity contribution in [2.75, 3.05) is 13.7 Å². The lowest BCUT2D eigenvalue weighted by molar-refractivity contribution is 0.0790. The molecule has 0 saturated carbocycles. The van der Waals surface area contributed by atoms with Crippen molar-refractivity contribution in [3.63, 3.8) is 0 Å². The minimum atomic E-state index is -1.83. The van der Waals surface area contributed by atoms with E-state index in [2.05, 4.69) is 52.6 Å². The summed E-state index contributed by atoms with van der Waals surface area (Å²) in [4.78, 5) is 0. The fourth-order valence-corrected chi connectivity index (χ4v) is 4.23. The molecule has 1 aromatic rings. The normalized spacial score (nSPS) is 12.9. The first kappa shape index (κ1) is 26.8. The van der Waals surface area contributed by atoms with Crippen LogP contribution >= 0.6 is 0 Å². The molecule has 0 bridgehead atoms. The molecule has 4 heteroatoms. The van der Waals surface area contributed by atoms with E-state index in [1.807, 2.05) is 24.3 Å². The van der Waals surface area contributed by atoms with Gasteiger partial charge in [-0.05, 0) is 48.7 Å². The van der Waals surface area contributed by atoms with Gasteiger partial charge in [0, 0.05) is 19.4 Å². The van der Waals surface area contributed by atoms with Crippen LogP contribution in [0.2, 0.25) is 18.1 Å². The number of hydrogen-bond donors (Lipinski definition) is 0. The van der Waals surface area contributed by atoms with Gasteiger partial charge in [0.2, 0.25) is 0 Å². The Morgan fingerprint density at radius 1 is 1.00 bits per heavy atom. The highest BCUT2D eigenvalue weighted by molar-refractivity contribution is 6.74. The van der Waals surface area contributed by atoms with Crippen LogP contribution in [0.25, 0.3) is 0 Å². The van der Waals surface area contributed by atoms with Crippen molar-refractivity contribution in [1.82, 2.24) is 0 Å². The average molecular weight is 433 g/mol. The van der Waals surface area contributed by atoms with Gasteiger partial charge in [-0.2, -0.15) is 0 Å². The summed E-state index contributed by atoms with van der Waals surface area (Å²) in [6, 6.07) is 8.04. The van der Waals surface area contributed by atoms with Gasteiger partial charge in [0.1, 0.15) is 5.75 Å². The highest BCUT2D eigenvalue weighted by Crippen LogP contribution is 2.38. The van der Waals surface area contributed by atoms with Crippen LogP contribution in [-0.4, -0.2) is 28.1 Å². The predicted molar refractivity (Wildman–Crippen MR) is 130 cm³/mol. The first-order valence-electron chi connectivity index (χ1n) is 11.5. The van der Waals surface area contributed by atoms with Crippen molar-refractivity contribution >= 4 is 8.32 Å². The second-order valence-corrected chi connectivity index (χ2v) is 14.3. The van der Waals surface area contributed by atoms with Crippen molar-refractivity contribution in [1.29, 1.82) is 0 Å². The quantitative estimate of drug-likeness (QED) is 0.185. The molecule has 0 aliphatic rings. The van der Waals surface area contributed by atoms with Gasteiger partial charge in [-0.1, -0.05) is 59.1 Å². The molecule has 0 heterocycles. The van der Waals surface area contributed by atoms with Gasteiger partial charge in [-0.25, -0.2) is 0 Å². The minimum Gasteiger partial charge on any atom is -0.497 e. The molecule has 1 atom stereocenters. The van der Waals surface area contributed by atoms with Crippen LogP contribution in [0.5, 0.6) is 5.75 Å². The molecule has 0 spiro atoms.